The quantitative estimate of drug-likeness (QED) is 0.580. The summed E-state index contributed by atoms with van der Waals surface area (Å²) in [6, 6.07) is 0. The van der Waals surface area contributed by atoms with E-state index in [9.17, 15) is 0 Å². The summed E-state index contributed by atoms with van der Waals surface area (Å²) in [6.45, 7) is 5.34. The largest absolute Gasteiger partial charge is 0.438 e. The zero-order valence-corrected chi connectivity index (χ0v) is 9.83. The van der Waals surface area contributed by atoms with Crippen molar-refractivity contribution in [2.24, 2.45) is 17.8 Å². The molecule has 80 valence electrons. The number of fused-ring (bicyclic) bond motifs is 2. The molecule has 0 aromatic rings. The van der Waals surface area contributed by atoms with Gasteiger partial charge in [0.15, 0.2) is 0 Å². The highest BCUT2D eigenvalue weighted by atomic mass is 16.4. The van der Waals surface area contributed by atoms with Gasteiger partial charge in [0.05, 0.1) is 0 Å². The Morgan fingerprint density at radius 1 is 1.00 bits per heavy atom. The van der Waals surface area contributed by atoms with E-state index in [0.29, 0.717) is 6.92 Å². The van der Waals surface area contributed by atoms with Gasteiger partial charge in [-0.15, -0.1) is 0 Å². The predicted molar refractivity (Wildman–Crippen MR) is 61.6 cm³/mol. The molecule has 0 aromatic heterocycles. The normalized spacial score (nSPS) is 43.5. The van der Waals surface area contributed by atoms with E-state index >= 15 is 0 Å². The molecule has 1 saturated heterocycles. The van der Waals surface area contributed by atoms with Crippen LogP contribution in [0.5, 0.6) is 0 Å². The summed E-state index contributed by atoms with van der Waals surface area (Å²) in [5.41, 5.74) is 0. The Labute approximate surface area is 88.7 Å². The van der Waals surface area contributed by atoms with Crippen LogP contribution in [0.1, 0.15) is 39.5 Å². The Kier molecular flexibility index (Phi) is 3.21. The van der Waals surface area contributed by atoms with Crippen LogP contribution in [0.15, 0.2) is 0 Å². The van der Waals surface area contributed by atoms with E-state index in [-0.39, 0.29) is 0 Å². The van der Waals surface area contributed by atoms with Crippen LogP contribution in [0.2, 0.25) is 12.1 Å². The second-order valence-electron chi connectivity index (χ2n) is 5.77. The van der Waals surface area contributed by atoms with Gasteiger partial charge in [0.25, 0.3) is 6.92 Å². The lowest BCUT2D eigenvalue weighted by Gasteiger charge is -2.31. The maximum atomic E-state index is 5.63. The molecule has 2 bridgehead atoms. The highest BCUT2D eigenvalue weighted by molar-refractivity contribution is 6.53. The van der Waals surface area contributed by atoms with Gasteiger partial charge in [0.2, 0.25) is 0 Å². The zero-order chi connectivity index (χ0) is 10.1. The molecule has 0 amide bonds. The second kappa shape index (κ2) is 4.26. The summed E-state index contributed by atoms with van der Waals surface area (Å²) >= 11 is 0. The van der Waals surface area contributed by atoms with Crippen LogP contribution in [0.3, 0.4) is 0 Å². The monoisotopic (exact) mass is 194 g/mol. The minimum atomic E-state index is 0.537. The lowest BCUT2D eigenvalue weighted by molar-refractivity contribution is 0.216. The molecule has 2 heteroatoms. The summed E-state index contributed by atoms with van der Waals surface area (Å²) in [5, 5.41) is 0. The average Bonchev–Trinajstić information content (AvgIpc) is 2.22. The average molecular weight is 194 g/mol. The molecule has 0 radical (unpaired) electrons. The van der Waals surface area contributed by atoms with Gasteiger partial charge in [-0.1, -0.05) is 20.3 Å². The van der Waals surface area contributed by atoms with Crippen LogP contribution < -0.4 is 0 Å². The molecule has 4 unspecified atom stereocenters. The third-order valence-electron chi connectivity index (χ3n) is 4.35. The third-order valence-corrected chi connectivity index (χ3v) is 4.35. The van der Waals surface area contributed by atoms with E-state index in [0.717, 1.165) is 23.6 Å². The Bertz CT molecular complexity index is 195. The smallest absolute Gasteiger partial charge is 0.295 e. The van der Waals surface area contributed by atoms with Crippen molar-refractivity contribution in [1.29, 1.82) is 0 Å². The molecule has 0 aromatic carbocycles. The summed E-state index contributed by atoms with van der Waals surface area (Å²) in [6.07, 6.45) is 7.12. The van der Waals surface area contributed by atoms with Crippen molar-refractivity contribution >= 4 is 6.92 Å². The first-order valence-corrected chi connectivity index (χ1v) is 6.21. The lowest BCUT2D eigenvalue weighted by Crippen LogP contribution is -2.23. The van der Waals surface area contributed by atoms with Crippen molar-refractivity contribution in [1.82, 2.24) is 0 Å². The number of rotatable bonds is 1. The molecule has 1 aliphatic heterocycles. The van der Waals surface area contributed by atoms with Crippen LogP contribution in [0, 0.1) is 17.8 Å². The van der Waals surface area contributed by atoms with E-state index in [2.05, 4.69) is 13.8 Å². The van der Waals surface area contributed by atoms with E-state index in [1.165, 1.54) is 32.0 Å². The fourth-order valence-electron chi connectivity index (χ4n) is 3.85. The van der Waals surface area contributed by atoms with E-state index in [4.69, 9.17) is 4.65 Å². The number of hydrogen-bond acceptors (Lipinski definition) is 1. The first-order chi connectivity index (χ1) is 6.69. The molecule has 14 heavy (non-hydrogen) atoms. The van der Waals surface area contributed by atoms with Crippen molar-refractivity contribution in [3.63, 3.8) is 0 Å². The van der Waals surface area contributed by atoms with Gasteiger partial charge >= 0.3 is 0 Å². The predicted octanol–water partition coefficient (Wildman–Crippen LogP) is 3.47. The minimum absolute atomic E-state index is 0.537. The molecule has 1 nitrogen and oxygen atoms in total. The Hall–Kier alpha value is 0.0249. The first-order valence-electron chi connectivity index (χ1n) is 6.21. The molecule has 0 N–H and O–H groups in total. The fraction of sp³-hybridized carbons (Fsp3) is 1.00. The maximum absolute atomic E-state index is 5.63. The molecular weight excluding hydrogens is 171 g/mol. The van der Waals surface area contributed by atoms with Gasteiger partial charge in [-0.2, -0.15) is 0 Å². The lowest BCUT2D eigenvalue weighted by atomic mass is 9.52. The van der Waals surface area contributed by atoms with Crippen LogP contribution in [-0.2, 0) is 4.65 Å². The Balaban J connectivity index is 2.05. The topological polar surface area (TPSA) is 9.23 Å². The Morgan fingerprint density at radius 2 is 1.71 bits per heavy atom. The molecule has 4 atom stereocenters. The van der Waals surface area contributed by atoms with Crippen molar-refractivity contribution < 1.29 is 4.65 Å². The third kappa shape index (κ3) is 2.16. The highest BCUT2D eigenvalue weighted by Crippen LogP contribution is 2.44. The van der Waals surface area contributed by atoms with Crippen molar-refractivity contribution in [2.75, 3.05) is 7.11 Å². The minimum Gasteiger partial charge on any atom is -0.438 e. The van der Waals surface area contributed by atoms with E-state index in [1.54, 1.807) is 0 Å². The van der Waals surface area contributed by atoms with Gasteiger partial charge in [-0.05, 0) is 49.2 Å². The van der Waals surface area contributed by atoms with Gasteiger partial charge in [0.1, 0.15) is 0 Å². The van der Waals surface area contributed by atoms with Crippen molar-refractivity contribution in [2.45, 2.75) is 51.7 Å². The molecule has 2 aliphatic rings. The molecule has 0 spiro atoms. The summed E-state index contributed by atoms with van der Waals surface area (Å²) in [7, 11) is 1.89. The van der Waals surface area contributed by atoms with E-state index < -0.39 is 0 Å². The zero-order valence-electron chi connectivity index (χ0n) is 9.83. The molecule has 2 fully saturated rings. The van der Waals surface area contributed by atoms with Gasteiger partial charge in [-0.3, -0.25) is 0 Å². The van der Waals surface area contributed by atoms with Gasteiger partial charge in [0, 0.05) is 7.11 Å². The summed E-state index contributed by atoms with van der Waals surface area (Å²) in [5.74, 6) is 3.69. The van der Waals surface area contributed by atoms with Gasteiger partial charge < -0.3 is 4.65 Å². The van der Waals surface area contributed by atoms with Crippen LogP contribution in [0.25, 0.3) is 0 Å². The SMILES string of the molecule is COB1CC2CC(C)CC(C2)CC1C. The van der Waals surface area contributed by atoms with E-state index in [1.807, 2.05) is 7.11 Å². The van der Waals surface area contributed by atoms with Crippen LogP contribution in [-0.4, -0.2) is 14.0 Å². The Morgan fingerprint density at radius 3 is 2.43 bits per heavy atom. The van der Waals surface area contributed by atoms with Crippen molar-refractivity contribution in [3.05, 3.63) is 0 Å². The first kappa shape index (κ1) is 10.5. The maximum Gasteiger partial charge on any atom is 0.295 e. The summed E-state index contributed by atoms with van der Waals surface area (Å²) in [4.78, 5) is 0. The van der Waals surface area contributed by atoms with Gasteiger partial charge in [-0.25, -0.2) is 0 Å². The summed E-state index contributed by atoms with van der Waals surface area (Å²) < 4.78 is 5.63. The molecule has 1 heterocycles. The molecule has 1 saturated carbocycles. The highest BCUT2D eigenvalue weighted by Gasteiger charge is 2.37. The fourth-order valence-corrected chi connectivity index (χ4v) is 3.85. The van der Waals surface area contributed by atoms with Crippen LogP contribution in [0.4, 0.5) is 0 Å². The van der Waals surface area contributed by atoms with Crippen molar-refractivity contribution in [3.8, 4) is 0 Å². The standard InChI is InChI=1S/C12H23BO/c1-9-4-11-6-10(2)13(14-3)8-12(5-9)7-11/h9-12H,4-8H2,1-3H3. The van der Waals surface area contributed by atoms with Crippen LogP contribution >= 0.6 is 0 Å². The number of hydrogen-bond donors (Lipinski definition) is 0. The second-order valence-corrected chi connectivity index (χ2v) is 5.77. The molecular formula is C12H23BO. The molecule has 2 rings (SSSR count). The molecule has 1 aliphatic carbocycles.